The summed E-state index contributed by atoms with van der Waals surface area (Å²) in [5.74, 6) is -1.07. The van der Waals surface area contributed by atoms with Gasteiger partial charge in [-0.05, 0) is 76.6 Å². The van der Waals surface area contributed by atoms with Gasteiger partial charge in [-0.3, -0.25) is 14.4 Å². The van der Waals surface area contributed by atoms with Crippen LogP contribution in [0.4, 0.5) is 16.2 Å². The average molecular weight is 635 g/mol. The lowest BCUT2D eigenvalue weighted by Crippen LogP contribution is -2.54. The summed E-state index contributed by atoms with van der Waals surface area (Å²) in [6, 6.07) is 15.4. The molecule has 11 nitrogen and oxygen atoms in total. The van der Waals surface area contributed by atoms with Crippen molar-refractivity contribution in [1.82, 2.24) is 10.2 Å². The molecule has 1 N–H and O–H groups in total. The van der Waals surface area contributed by atoms with Crippen LogP contribution in [0.2, 0.25) is 0 Å². The largest absolute Gasteiger partial charge is 0.482 e. The number of amides is 4. The second kappa shape index (κ2) is 14.5. The predicted molar refractivity (Wildman–Crippen MR) is 174 cm³/mol. The Morgan fingerprint density at radius 1 is 1.04 bits per heavy atom. The average Bonchev–Trinajstić information content (AvgIpc) is 3.87. The Labute approximate surface area is 271 Å². The van der Waals surface area contributed by atoms with Crippen LogP contribution in [0, 0.1) is 11.8 Å². The highest BCUT2D eigenvalue weighted by Gasteiger charge is 2.43. The molecule has 4 amide bonds. The molecule has 2 atom stereocenters. The zero-order chi connectivity index (χ0) is 32.8. The molecule has 0 spiro atoms. The van der Waals surface area contributed by atoms with E-state index in [2.05, 4.69) is 5.32 Å². The van der Waals surface area contributed by atoms with Gasteiger partial charge in [0.15, 0.2) is 6.61 Å². The number of anilines is 2. The highest BCUT2D eigenvalue weighted by atomic mass is 16.6. The third-order valence-electron chi connectivity index (χ3n) is 8.42. The predicted octanol–water partition coefficient (Wildman–Crippen LogP) is 4.18. The van der Waals surface area contributed by atoms with Crippen molar-refractivity contribution in [3.63, 3.8) is 0 Å². The van der Waals surface area contributed by atoms with Crippen LogP contribution in [-0.2, 0) is 30.3 Å². The lowest BCUT2D eigenvalue weighted by Gasteiger charge is -2.39. The third-order valence-corrected chi connectivity index (χ3v) is 8.42. The van der Waals surface area contributed by atoms with E-state index in [1.165, 1.54) is 4.90 Å². The van der Waals surface area contributed by atoms with Crippen molar-refractivity contribution in [1.29, 1.82) is 0 Å². The van der Waals surface area contributed by atoms with E-state index in [-0.39, 0.29) is 43.5 Å². The zero-order valence-corrected chi connectivity index (χ0v) is 27.3. The smallest absolute Gasteiger partial charge is 0.410 e. The molecule has 0 radical (unpaired) electrons. The number of carbonyl (C=O) groups excluding carboxylic acids is 4. The second-order valence-corrected chi connectivity index (χ2v) is 13.3. The van der Waals surface area contributed by atoms with Gasteiger partial charge in [-0.1, -0.05) is 30.3 Å². The van der Waals surface area contributed by atoms with Crippen molar-refractivity contribution in [3.05, 3.63) is 54.1 Å². The summed E-state index contributed by atoms with van der Waals surface area (Å²) in [7, 11) is 1.63. The number of nitrogens with zero attached hydrogens (tertiary/aromatic N) is 3. The fourth-order valence-electron chi connectivity index (χ4n) is 6.06. The van der Waals surface area contributed by atoms with Crippen molar-refractivity contribution in [2.45, 2.75) is 64.5 Å². The maximum absolute atomic E-state index is 14.4. The lowest BCUT2D eigenvalue weighted by molar-refractivity contribution is -0.130. The highest BCUT2D eigenvalue weighted by molar-refractivity contribution is 6.01. The molecule has 11 heteroatoms. The van der Waals surface area contributed by atoms with E-state index in [1.54, 1.807) is 43.7 Å². The number of fused-ring (bicyclic) bond motifs is 1. The van der Waals surface area contributed by atoms with Gasteiger partial charge in [-0.15, -0.1) is 0 Å². The standard InChI is InChI=1S/C35H46N4O7/c1-35(2,3)46-34(43)37-21-25(32(41)36-16-15-24-9-6-5-7-10-24)19-26(22-37)33(42)39(27-11-12-27)28-13-14-30-29(20-28)38(17-8-18-44-4)31(40)23-45-30/h5-7,9-10,13-14,20,25-27H,8,11-12,15-19,21-23H2,1-4H3,(H,36,41)/t25-,26+/m0/s1. The first-order chi connectivity index (χ1) is 22.0. The molecule has 248 valence electrons. The first-order valence-electron chi connectivity index (χ1n) is 16.2. The molecule has 46 heavy (non-hydrogen) atoms. The topological polar surface area (TPSA) is 118 Å². The van der Waals surface area contributed by atoms with Crippen molar-refractivity contribution < 1.29 is 33.4 Å². The van der Waals surface area contributed by atoms with Crippen LogP contribution in [0.5, 0.6) is 5.75 Å². The lowest BCUT2D eigenvalue weighted by atomic mass is 9.87. The Kier molecular flexibility index (Phi) is 10.5. The van der Waals surface area contributed by atoms with Gasteiger partial charge >= 0.3 is 6.09 Å². The van der Waals surface area contributed by atoms with E-state index in [1.807, 2.05) is 42.5 Å². The number of benzene rings is 2. The number of piperidine rings is 1. The number of carbonyl (C=O) groups is 4. The molecule has 2 fully saturated rings. The summed E-state index contributed by atoms with van der Waals surface area (Å²) in [6.07, 6.45) is 2.81. The van der Waals surface area contributed by atoms with Crippen molar-refractivity contribution in [3.8, 4) is 5.75 Å². The first kappa shape index (κ1) is 33.2. The Hall–Kier alpha value is -4.12. The summed E-state index contributed by atoms with van der Waals surface area (Å²) < 4.78 is 16.6. The fourth-order valence-corrected chi connectivity index (χ4v) is 6.06. The molecule has 0 bridgehead atoms. The number of likely N-dealkylation sites (tertiary alicyclic amines) is 1. The van der Waals surface area contributed by atoms with E-state index in [4.69, 9.17) is 14.2 Å². The van der Waals surface area contributed by atoms with Crippen LogP contribution in [0.15, 0.2) is 48.5 Å². The molecule has 2 heterocycles. The number of hydrogen-bond acceptors (Lipinski definition) is 7. The van der Waals surface area contributed by atoms with E-state index < -0.39 is 23.5 Å². The number of hydrogen-bond donors (Lipinski definition) is 1. The minimum atomic E-state index is -0.723. The van der Waals surface area contributed by atoms with Crippen molar-refractivity contribution >= 4 is 35.2 Å². The number of nitrogens with one attached hydrogen (secondary N) is 1. The number of methoxy groups -OCH3 is 1. The van der Waals surface area contributed by atoms with Crippen molar-refractivity contribution in [2.75, 3.05) is 56.3 Å². The molecule has 3 aliphatic rings. The van der Waals surface area contributed by atoms with Gasteiger partial charge in [0.2, 0.25) is 11.8 Å². The SMILES string of the molecule is COCCCN1C(=O)COc2ccc(N(C(=O)[C@@H]3C[C@H](C(=O)NCCc4ccccc4)CN(C(=O)OC(C)(C)C)C3)C3CC3)cc21. The molecule has 2 aliphatic heterocycles. The first-order valence-corrected chi connectivity index (χ1v) is 16.2. The van der Waals surface area contributed by atoms with Crippen LogP contribution >= 0.6 is 0 Å². The maximum Gasteiger partial charge on any atom is 0.410 e. The summed E-state index contributed by atoms with van der Waals surface area (Å²) in [4.78, 5) is 58.9. The van der Waals surface area contributed by atoms with Crippen LogP contribution in [0.1, 0.15) is 52.0 Å². The number of rotatable bonds is 11. The summed E-state index contributed by atoms with van der Waals surface area (Å²) in [6.45, 7) is 7.11. The molecular formula is C35H46N4O7. The zero-order valence-electron chi connectivity index (χ0n) is 27.3. The van der Waals surface area contributed by atoms with E-state index in [9.17, 15) is 19.2 Å². The van der Waals surface area contributed by atoms with E-state index in [0.29, 0.717) is 56.1 Å². The normalized spacial score (nSPS) is 19.6. The summed E-state index contributed by atoms with van der Waals surface area (Å²) in [5.41, 5.74) is 1.68. The van der Waals surface area contributed by atoms with Gasteiger partial charge in [0, 0.05) is 51.6 Å². The molecule has 5 rings (SSSR count). The third kappa shape index (κ3) is 8.37. The van der Waals surface area contributed by atoms with Gasteiger partial charge in [-0.25, -0.2) is 4.79 Å². The minimum absolute atomic E-state index is 0.00255. The molecule has 1 aliphatic carbocycles. The molecule has 0 unspecified atom stereocenters. The van der Waals surface area contributed by atoms with Crippen LogP contribution < -0.4 is 19.9 Å². The molecule has 0 aromatic heterocycles. The summed E-state index contributed by atoms with van der Waals surface area (Å²) in [5, 5.41) is 3.03. The monoisotopic (exact) mass is 634 g/mol. The molecule has 1 saturated heterocycles. The maximum atomic E-state index is 14.4. The minimum Gasteiger partial charge on any atom is -0.482 e. The molecule has 2 aromatic carbocycles. The molecular weight excluding hydrogens is 588 g/mol. The molecule has 1 saturated carbocycles. The van der Waals surface area contributed by atoms with Crippen molar-refractivity contribution in [2.24, 2.45) is 11.8 Å². The van der Waals surface area contributed by atoms with E-state index >= 15 is 0 Å². The van der Waals surface area contributed by atoms with Gasteiger partial charge in [-0.2, -0.15) is 0 Å². The number of ether oxygens (including phenoxy) is 3. The van der Waals surface area contributed by atoms with Crippen LogP contribution in [-0.4, -0.2) is 86.9 Å². The molecule has 2 aromatic rings. The Morgan fingerprint density at radius 3 is 2.48 bits per heavy atom. The second-order valence-electron chi connectivity index (χ2n) is 13.3. The highest BCUT2D eigenvalue weighted by Crippen LogP contribution is 2.41. The summed E-state index contributed by atoms with van der Waals surface area (Å²) >= 11 is 0. The van der Waals surface area contributed by atoms with Gasteiger partial charge < -0.3 is 34.2 Å². The van der Waals surface area contributed by atoms with Crippen LogP contribution in [0.3, 0.4) is 0 Å². The van der Waals surface area contributed by atoms with Crippen LogP contribution in [0.25, 0.3) is 0 Å². The van der Waals surface area contributed by atoms with Gasteiger partial charge in [0.25, 0.3) is 5.91 Å². The van der Waals surface area contributed by atoms with Gasteiger partial charge in [0.1, 0.15) is 11.4 Å². The Bertz CT molecular complexity index is 1410. The fraction of sp³-hybridized carbons (Fsp3) is 0.543. The van der Waals surface area contributed by atoms with Gasteiger partial charge in [0.05, 0.1) is 17.5 Å². The quantitative estimate of drug-likeness (QED) is 0.369. The Balaban J connectivity index is 1.36. The Morgan fingerprint density at radius 2 is 1.78 bits per heavy atom. The van der Waals surface area contributed by atoms with E-state index in [0.717, 1.165) is 18.4 Å².